The maximum atomic E-state index is 11.2. The lowest BCUT2D eigenvalue weighted by molar-refractivity contribution is 0.112. The third kappa shape index (κ3) is 3.54. The monoisotopic (exact) mass is 282 g/mol. The second-order valence-corrected chi connectivity index (χ2v) is 6.78. The van der Waals surface area contributed by atoms with Crippen molar-refractivity contribution < 1.29 is 13.2 Å². The minimum atomic E-state index is -3.18. The van der Waals surface area contributed by atoms with E-state index in [0.717, 1.165) is 30.5 Å². The van der Waals surface area contributed by atoms with Crippen LogP contribution in [0.3, 0.4) is 0 Å². The van der Waals surface area contributed by atoms with Gasteiger partial charge in [0.2, 0.25) is 10.0 Å². The Morgan fingerprint density at radius 3 is 2.79 bits per heavy atom. The fourth-order valence-electron chi connectivity index (χ4n) is 2.41. The highest BCUT2D eigenvalue weighted by molar-refractivity contribution is 7.88. The molecule has 0 aromatic heterocycles. The second-order valence-electron chi connectivity index (χ2n) is 5.00. The van der Waals surface area contributed by atoms with Gasteiger partial charge in [-0.2, -0.15) is 0 Å². The fourth-order valence-corrected chi connectivity index (χ4v) is 3.20. The van der Waals surface area contributed by atoms with Crippen LogP contribution in [0.4, 0.5) is 5.69 Å². The number of hydrogen-bond donors (Lipinski definition) is 1. The quantitative estimate of drug-likeness (QED) is 0.835. The number of nitrogens with zero attached hydrogens (tertiary/aromatic N) is 1. The van der Waals surface area contributed by atoms with Crippen LogP contribution >= 0.6 is 0 Å². The predicted molar refractivity (Wildman–Crippen MR) is 75.2 cm³/mol. The van der Waals surface area contributed by atoms with E-state index in [1.54, 1.807) is 6.07 Å². The molecule has 1 saturated heterocycles. The summed E-state index contributed by atoms with van der Waals surface area (Å²) in [5, 5.41) is 0. The van der Waals surface area contributed by atoms with Crippen molar-refractivity contribution >= 4 is 22.0 Å². The van der Waals surface area contributed by atoms with E-state index in [4.69, 9.17) is 0 Å². The van der Waals surface area contributed by atoms with Crippen LogP contribution in [-0.4, -0.2) is 40.1 Å². The van der Waals surface area contributed by atoms with Gasteiger partial charge >= 0.3 is 0 Å². The molecule has 1 heterocycles. The van der Waals surface area contributed by atoms with Crippen LogP contribution in [0.15, 0.2) is 18.2 Å². The van der Waals surface area contributed by atoms with E-state index >= 15 is 0 Å². The molecule has 0 spiro atoms. The number of carbonyl (C=O) groups excluding carboxylic acids is 1. The van der Waals surface area contributed by atoms with Gasteiger partial charge in [-0.15, -0.1) is 0 Å². The molecule has 0 radical (unpaired) electrons. The van der Waals surface area contributed by atoms with E-state index in [1.807, 2.05) is 19.1 Å². The first-order valence-electron chi connectivity index (χ1n) is 6.17. The van der Waals surface area contributed by atoms with Crippen molar-refractivity contribution in [3.05, 3.63) is 29.3 Å². The molecule has 104 valence electrons. The molecule has 0 bridgehead atoms. The normalized spacial score (nSPS) is 19.7. The van der Waals surface area contributed by atoms with Gasteiger partial charge in [-0.1, -0.05) is 6.07 Å². The predicted octanol–water partition coefficient (Wildman–Crippen LogP) is 0.935. The van der Waals surface area contributed by atoms with Crippen molar-refractivity contribution in [2.45, 2.75) is 19.4 Å². The van der Waals surface area contributed by atoms with E-state index in [2.05, 4.69) is 9.62 Å². The molecule has 19 heavy (non-hydrogen) atoms. The number of sulfonamides is 1. The highest BCUT2D eigenvalue weighted by atomic mass is 32.2. The van der Waals surface area contributed by atoms with Crippen LogP contribution in [0.25, 0.3) is 0 Å². The summed E-state index contributed by atoms with van der Waals surface area (Å²) in [6.07, 6.45) is 2.75. The highest BCUT2D eigenvalue weighted by Gasteiger charge is 2.26. The van der Waals surface area contributed by atoms with Crippen LogP contribution < -0.4 is 9.62 Å². The summed E-state index contributed by atoms with van der Waals surface area (Å²) in [7, 11) is -3.18. The Labute approximate surface area is 113 Å². The zero-order valence-electron chi connectivity index (χ0n) is 11.1. The summed E-state index contributed by atoms with van der Waals surface area (Å²) in [6, 6.07) is 5.58. The summed E-state index contributed by atoms with van der Waals surface area (Å²) in [5.74, 6) is 0. The van der Waals surface area contributed by atoms with Gasteiger partial charge in [-0.3, -0.25) is 4.79 Å². The Morgan fingerprint density at radius 2 is 2.16 bits per heavy atom. The smallest absolute Gasteiger partial charge is 0.209 e. The zero-order valence-corrected chi connectivity index (χ0v) is 11.9. The number of rotatable bonds is 4. The van der Waals surface area contributed by atoms with Gasteiger partial charge in [-0.25, -0.2) is 13.1 Å². The lowest BCUT2D eigenvalue weighted by atomic mass is 10.1. The van der Waals surface area contributed by atoms with Crippen LogP contribution in [-0.2, 0) is 10.0 Å². The van der Waals surface area contributed by atoms with Crippen molar-refractivity contribution in [1.82, 2.24) is 4.72 Å². The van der Waals surface area contributed by atoms with Gasteiger partial charge in [0, 0.05) is 30.4 Å². The molecule has 1 aromatic carbocycles. The maximum Gasteiger partial charge on any atom is 0.209 e. The van der Waals surface area contributed by atoms with Gasteiger partial charge in [0.15, 0.2) is 6.29 Å². The Hall–Kier alpha value is -1.40. The third-order valence-electron chi connectivity index (χ3n) is 3.22. The lowest BCUT2D eigenvalue weighted by Crippen LogP contribution is -2.36. The molecule has 2 rings (SSSR count). The Morgan fingerprint density at radius 1 is 1.42 bits per heavy atom. The Kier molecular flexibility index (Phi) is 3.91. The average Bonchev–Trinajstić information content (AvgIpc) is 2.75. The molecule has 0 unspecified atom stereocenters. The highest BCUT2D eigenvalue weighted by Crippen LogP contribution is 2.25. The molecular weight excluding hydrogens is 264 g/mol. The number of benzene rings is 1. The first-order chi connectivity index (χ1) is 8.89. The van der Waals surface area contributed by atoms with E-state index in [0.29, 0.717) is 12.1 Å². The van der Waals surface area contributed by atoms with Crippen LogP contribution in [0.5, 0.6) is 0 Å². The molecule has 1 fully saturated rings. The van der Waals surface area contributed by atoms with Crippen LogP contribution in [0.1, 0.15) is 22.3 Å². The summed E-state index contributed by atoms with van der Waals surface area (Å²) in [5.41, 5.74) is 2.61. The molecule has 0 amide bonds. The van der Waals surface area contributed by atoms with Crippen molar-refractivity contribution in [3.8, 4) is 0 Å². The Bertz CT molecular complexity index is 584. The Balaban J connectivity index is 2.17. The van der Waals surface area contributed by atoms with E-state index < -0.39 is 10.0 Å². The lowest BCUT2D eigenvalue weighted by Gasteiger charge is -2.21. The first-order valence-corrected chi connectivity index (χ1v) is 8.06. The summed E-state index contributed by atoms with van der Waals surface area (Å²) in [6.45, 7) is 3.31. The number of nitrogens with one attached hydrogen (secondary N) is 1. The summed E-state index contributed by atoms with van der Waals surface area (Å²) < 4.78 is 25.1. The topological polar surface area (TPSA) is 66.5 Å². The molecule has 1 aromatic rings. The van der Waals surface area contributed by atoms with Crippen LogP contribution in [0.2, 0.25) is 0 Å². The molecule has 5 nitrogen and oxygen atoms in total. The van der Waals surface area contributed by atoms with Gasteiger partial charge in [0.1, 0.15) is 0 Å². The number of aldehydes is 1. The number of aryl methyl sites for hydroxylation is 1. The standard InChI is InChI=1S/C13H18N2O3S/c1-10-3-4-11(9-16)13(7-10)15-6-5-12(8-15)14-19(2,17)18/h3-4,7,9,12,14H,5-6,8H2,1-2H3/t12-/m1/s1. The van der Waals surface area contributed by atoms with Gasteiger partial charge < -0.3 is 4.90 Å². The van der Waals surface area contributed by atoms with Crippen molar-refractivity contribution in [2.24, 2.45) is 0 Å². The first kappa shape index (κ1) is 14.0. The van der Waals surface area contributed by atoms with Crippen molar-refractivity contribution in [3.63, 3.8) is 0 Å². The van der Waals surface area contributed by atoms with E-state index in [-0.39, 0.29) is 6.04 Å². The molecule has 1 aliphatic heterocycles. The van der Waals surface area contributed by atoms with Gasteiger partial charge in [-0.05, 0) is 31.0 Å². The number of anilines is 1. The van der Waals surface area contributed by atoms with Gasteiger partial charge in [0.05, 0.1) is 6.26 Å². The molecule has 0 aliphatic carbocycles. The summed E-state index contributed by atoms with van der Waals surface area (Å²) in [4.78, 5) is 13.1. The fraction of sp³-hybridized carbons (Fsp3) is 0.462. The molecule has 0 saturated carbocycles. The largest absolute Gasteiger partial charge is 0.369 e. The van der Waals surface area contributed by atoms with E-state index in [1.165, 1.54) is 6.26 Å². The molecular formula is C13H18N2O3S. The van der Waals surface area contributed by atoms with Crippen molar-refractivity contribution in [2.75, 3.05) is 24.2 Å². The third-order valence-corrected chi connectivity index (χ3v) is 3.98. The number of carbonyl (C=O) groups is 1. The average molecular weight is 282 g/mol. The molecule has 6 heteroatoms. The van der Waals surface area contributed by atoms with Crippen LogP contribution in [0, 0.1) is 6.92 Å². The maximum absolute atomic E-state index is 11.2. The molecule has 1 aliphatic rings. The SMILES string of the molecule is Cc1ccc(C=O)c(N2CC[C@@H](NS(C)(=O)=O)C2)c1. The zero-order chi connectivity index (χ0) is 14.0. The molecule has 1 atom stereocenters. The minimum Gasteiger partial charge on any atom is -0.369 e. The molecule has 1 N–H and O–H groups in total. The number of hydrogen-bond acceptors (Lipinski definition) is 4. The minimum absolute atomic E-state index is 0.0879. The summed E-state index contributed by atoms with van der Waals surface area (Å²) >= 11 is 0. The van der Waals surface area contributed by atoms with Gasteiger partial charge in [0.25, 0.3) is 0 Å². The van der Waals surface area contributed by atoms with Crippen molar-refractivity contribution in [1.29, 1.82) is 0 Å². The second kappa shape index (κ2) is 5.30. The van der Waals surface area contributed by atoms with E-state index in [9.17, 15) is 13.2 Å².